The molecule has 0 bridgehead atoms. The lowest BCUT2D eigenvalue weighted by molar-refractivity contribution is -0.692. The summed E-state index contributed by atoms with van der Waals surface area (Å²) < 4.78 is 0. The quantitative estimate of drug-likeness (QED) is 0.720. The lowest BCUT2D eigenvalue weighted by atomic mass is 9.96. The Kier molecular flexibility index (Phi) is 6.02. The minimum atomic E-state index is -0.473. The number of nitrogens with two attached hydrogens (primary N) is 1. The Hall–Kier alpha value is -1.88. The van der Waals surface area contributed by atoms with E-state index in [9.17, 15) is 9.59 Å². The van der Waals surface area contributed by atoms with E-state index in [1.807, 2.05) is 23.5 Å². The monoisotopic (exact) mass is 264 g/mol. The summed E-state index contributed by atoms with van der Waals surface area (Å²) in [5.41, 5.74) is 1.19. The van der Waals surface area contributed by atoms with Gasteiger partial charge in [-0.1, -0.05) is 44.2 Å². The smallest absolute Gasteiger partial charge is 0.321 e. The molecule has 0 aliphatic heterocycles. The van der Waals surface area contributed by atoms with E-state index < -0.39 is 6.03 Å². The van der Waals surface area contributed by atoms with Gasteiger partial charge in [-0.3, -0.25) is 10.1 Å². The third-order valence-corrected chi connectivity index (χ3v) is 2.94. The molecule has 104 valence electrons. The molecule has 0 unspecified atom stereocenters. The number of hydrogen-bond donors (Lipinski definition) is 3. The predicted octanol–water partition coefficient (Wildman–Crippen LogP) is 0.403. The molecule has 3 amide bonds. The van der Waals surface area contributed by atoms with E-state index >= 15 is 0 Å². The van der Waals surface area contributed by atoms with Crippen LogP contribution >= 0.6 is 0 Å². The number of hydrogen-bond acceptors (Lipinski definition) is 2. The summed E-state index contributed by atoms with van der Waals surface area (Å²) in [5, 5.41) is 6.56. The highest BCUT2D eigenvalue weighted by atomic mass is 16.2. The van der Waals surface area contributed by atoms with Gasteiger partial charge in [0.1, 0.15) is 6.04 Å². The number of urea groups is 1. The Balaban J connectivity index is 2.56. The fourth-order valence-electron chi connectivity index (χ4n) is 1.94. The molecule has 4 N–H and O–H groups in total. The first-order valence-corrected chi connectivity index (χ1v) is 6.44. The lowest BCUT2D eigenvalue weighted by Gasteiger charge is -2.19. The molecule has 0 aromatic heterocycles. The number of quaternary nitrogens is 1. The van der Waals surface area contributed by atoms with Crippen LogP contribution in [0, 0.1) is 5.92 Å². The average Bonchev–Trinajstić information content (AvgIpc) is 2.39. The zero-order valence-corrected chi connectivity index (χ0v) is 11.6. The molecule has 0 saturated heterocycles. The number of nitrogens with one attached hydrogen (secondary N) is 2. The van der Waals surface area contributed by atoms with Gasteiger partial charge in [0.15, 0.2) is 6.54 Å². The van der Waals surface area contributed by atoms with Crippen molar-refractivity contribution in [1.29, 1.82) is 0 Å². The van der Waals surface area contributed by atoms with Crippen LogP contribution in [0.2, 0.25) is 0 Å². The second-order valence-corrected chi connectivity index (χ2v) is 4.75. The maximum Gasteiger partial charge on any atom is 0.321 e. The molecular formula is C14H22N3O2+. The third-order valence-electron chi connectivity index (χ3n) is 2.94. The second kappa shape index (κ2) is 7.53. The minimum absolute atomic E-state index is 0.205. The Labute approximate surface area is 113 Å². The minimum Gasteiger partial charge on any atom is -0.341 e. The van der Waals surface area contributed by atoms with E-state index in [0.717, 1.165) is 0 Å². The summed E-state index contributed by atoms with van der Waals surface area (Å²) in [6.45, 7) is 4.46. The summed E-state index contributed by atoms with van der Waals surface area (Å²) in [5.74, 6) is 0.108. The van der Waals surface area contributed by atoms with Gasteiger partial charge in [-0.25, -0.2) is 4.79 Å². The van der Waals surface area contributed by atoms with E-state index in [4.69, 9.17) is 0 Å². The molecule has 5 nitrogen and oxygen atoms in total. The van der Waals surface area contributed by atoms with Gasteiger partial charge < -0.3 is 10.6 Å². The molecule has 0 spiro atoms. The number of carbonyl (C=O) groups excluding carboxylic acids is 2. The third kappa shape index (κ3) is 5.09. The normalized spacial score (nSPS) is 12.0. The second-order valence-electron chi connectivity index (χ2n) is 4.75. The Morgan fingerprint density at radius 1 is 1.21 bits per heavy atom. The average molecular weight is 264 g/mol. The highest BCUT2D eigenvalue weighted by Crippen LogP contribution is 2.16. The largest absolute Gasteiger partial charge is 0.341 e. The summed E-state index contributed by atoms with van der Waals surface area (Å²) >= 11 is 0. The highest BCUT2D eigenvalue weighted by Gasteiger charge is 2.20. The van der Waals surface area contributed by atoms with Gasteiger partial charge in [-0.15, -0.1) is 0 Å². The van der Waals surface area contributed by atoms with Crippen molar-refractivity contribution in [3.63, 3.8) is 0 Å². The number of rotatable bonds is 5. The molecule has 5 heteroatoms. The maximum absolute atomic E-state index is 11.6. The molecule has 0 heterocycles. The maximum atomic E-state index is 11.6. The van der Waals surface area contributed by atoms with Crippen LogP contribution in [-0.2, 0) is 4.79 Å². The van der Waals surface area contributed by atoms with E-state index in [2.05, 4.69) is 36.6 Å². The van der Waals surface area contributed by atoms with E-state index in [-0.39, 0.29) is 18.5 Å². The van der Waals surface area contributed by atoms with Crippen LogP contribution in [0.3, 0.4) is 0 Å². The zero-order valence-electron chi connectivity index (χ0n) is 11.6. The van der Waals surface area contributed by atoms with Crippen LogP contribution < -0.4 is 16.0 Å². The predicted molar refractivity (Wildman–Crippen MR) is 73.4 cm³/mol. The van der Waals surface area contributed by atoms with E-state index in [1.165, 1.54) is 12.6 Å². The first-order valence-electron chi connectivity index (χ1n) is 6.44. The van der Waals surface area contributed by atoms with Crippen LogP contribution in [-0.4, -0.2) is 25.5 Å². The fourth-order valence-corrected chi connectivity index (χ4v) is 1.94. The van der Waals surface area contributed by atoms with Crippen LogP contribution in [0.15, 0.2) is 30.3 Å². The molecule has 0 aliphatic rings. The standard InChI is InChI=1S/C14H21N3O2/c1-10(2)13(11-7-5-4-6-8-11)16-9-12(18)17-14(19)15-3/h4-8,10,13,16H,9H2,1-3H3,(H2,15,17,18,19)/p+1/t13-/m1/s1. The van der Waals surface area contributed by atoms with Gasteiger partial charge in [0, 0.05) is 18.5 Å². The number of carbonyl (C=O) groups is 2. The first kappa shape index (κ1) is 15.2. The summed E-state index contributed by atoms with van der Waals surface area (Å²) in [6.07, 6.45) is 0. The van der Waals surface area contributed by atoms with Crippen LogP contribution in [0.25, 0.3) is 0 Å². The molecule has 0 aliphatic carbocycles. The number of benzene rings is 1. The molecular weight excluding hydrogens is 242 g/mol. The van der Waals surface area contributed by atoms with Gasteiger partial charge in [0.2, 0.25) is 0 Å². The van der Waals surface area contributed by atoms with Gasteiger partial charge in [-0.05, 0) is 0 Å². The lowest BCUT2D eigenvalue weighted by Crippen LogP contribution is -2.88. The van der Waals surface area contributed by atoms with Crippen LogP contribution in [0.4, 0.5) is 4.79 Å². The Morgan fingerprint density at radius 2 is 1.84 bits per heavy atom. The van der Waals surface area contributed by atoms with Gasteiger partial charge in [0.25, 0.3) is 5.91 Å². The fraction of sp³-hybridized carbons (Fsp3) is 0.429. The molecule has 0 fully saturated rings. The first-order chi connectivity index (χ1) is 9.04. The molecule has 1 aromatic carbocycles. The van der Waals surface area contributed by atoms with Crippen molar-refractivity contribution in [1.82, 2.24) is 10.6 Å². The molecule has 0 saturated carbocycles. The topological polar surface area (TPSA) is 74.8 Å². The molecule has 19 heavy (non-hydrogen) atoms. The molecule has 0 radical (unpaired) electrons. The molecule has 1 rings (SSSR count). The van der Waals surface area contributed by atoms with Crippen molar-refractivity contribution in [2.75, 3.05) is 13.6 Å². The van der Waals surface area contributed by atoms with E-state index in [0.29, 0.717) is 5.92 Å². The van der Waals surface area contributed by atoms with Gasteiger partial charge in [0.05, 0.1) is 0 Å². The van der Waals surface area contributed by atoms with Crippen molar-refractivity contribution in [2.24, 2.45) is 5.92 Å². The summed E-state index contributed by atoms with van der Waals surface area (Å²) in [7, 11) is 1.48. The Bertz CT molecular complexity index is 418. The Morgan fingerprint density at radius 3 is 2.37 bits per heavy atom. The van der Waals surface area contributed by atoms with Crippen LogP contribution in [0.1, 0.15) is 25.5 Å². The van der Waals surface area contributed by atoms with Crippen molar-refractivity contribution in [2.45, 2.75) is 19.9 Å². The SMILES string of the molecule is CNC(=O)NC(=O)C[NH2+][C@@H](c1ccccc1)C(C)C. The zero-order chi connectivity index (χ0) is 14.3. The van der Waals surface area contributed by atoms with Gasteiger partial charge in [-0.2, -0.15) is 0 Å². The van der Waals surface area contributed by atoms with E-state index in [1.54, 1.807) is 0 Å². The summed E-state index contributed by atoms with van der Waals surface area (Å²) in [4.78, 5) is 22.6. The number of imide groups is 1. The molecule has 1 aromatic rings. The van der Waals surface area contributed by atoms with Crippen molar-refractivity contribution in [3.8, 4) is 0 Å². The van der Waals surface area contributed by atoms with Crippen molar-refractivity contribution in [3.05, 3.63) is 35.9 Å². The number of amides is 3. The molecule has 1 atom stereocenters. The van der Waals surface area contributed by atoms with Crippen molar-refractivity contribution >= 4 is 11.9 Å². The van der Waals surface area contributed by atoms with Gasteiger partial charge >= 0.3 is 6.03 Å². The highest BCUT2D eigenvalue weighted by molar-refractivity contribution is 5.94. The van der Waals surface area contributed by atoms with Crippen LogP contribution in [0.5, 0.6) is 0 Å². The van der Waals surface area contributed by atoms with Crippen molar-refractivity contribution < 1.29 is 14.9 Å². The summed E-state index contributed by atoms with van der Waals surface area (Å²) in [6, 6.07) is 9.79.